The third-order valence-corrected chi connectivity index (χ3v) is 3.40. The van der Waals surface area contributed by atoms with Crippen LogP contribution < -0.4 is 5.32 Å². The average molecular weight is 232 g/mol. The maximum absolute atomic E-state index is 12.0. The van der Waals surface area contributed by atoms with Gasteiger partial charge in [0.2, 0.25) is 6.17 Å². The molecule has 1 heterocycles. The molecule has 0 saturated carbocycles. The van der Waals surface area contributed by atoms with Crippen molar-refractivity contribution < 1.29 is 4.74 Å². The van der Waals surface area contributed by atoms with Crippen molar-refractivity contribution in [1.82, 2.24) is 5.32 Å². The molecule has 1 atom stereocenters. The van der Waals surface area contributed by atoms with Crippen LogP contribution >= 0.6 is 0 Å². The minimum absolute atomic E-state index is 0.000609. The van der Waals surface area contributed by atoms with Crippen molar-refractivity contribution in [2.45, 2.75) is 39.9 Å². The quantitative estimate of drug-likeness (QED) is 0.642. The number of hydrogen-bond acceptors (Lipinski definition) is 2. The highest BCUT2D eigenvalue weighted by atomic mass is 16.5. The molecule has 0 amide bonds. The van der Waals surface area contributed by atoms with Gasteiger partial charge in [-0.05, 0) is 5.56 Å². The van der Waals surface area contributed by atoms with Gasteiger partial charge in [0.15, 0.2) is 5.71 Å². The summed E-state index contributed by atoms with van der Waals surface area (Å²) < 4.78 is 1.13. The number of rotatable bonds is 3. The molecule has 1 aliphatic heterocycles. The molecule has 0 fully saturated rings. The summed E-state index contributed by atoms with van der Waals surface area (Å²) in [6.45, 7) is 6.92. The third kappa shape index (κ3) is 2.50. The molecule has 0 bridgehead atoms. The van der Waals surface area contributed by atoms with E-state index in [1.165, 1.54) is 5.56 Å². The molecule has 0 radical (unpaired) electrons. The van der Waals surface area contributed by atoms with Crippen LogP contribution in [0.2, 0.25) is 0 Å². The Morgan fingerprint density at radius 3 is 2.53 bits per heavy atom. The molecule has 0 saturated heterocycles. The molecule has 1 N–H and O–H groups in total. The van der Waals surface area contributed by atoms with Crippen LogP contribution in [0.4, 0.5) is 0 Å². The topological polar surface area (TPSA) is 38.1 Å². The Hall–Kier alpha value is -1.35. The second kappa shape index (κ2) is 4.49. The zero-order valence-corrected chi connectivity index (χ0v) is 10.7. The van der Waals surface area contributed by atoms with E-state index < -0.39 is 0 Å². The highest BCUT2D eigenvalue weighted by Gasteiger charge is 2.43. The Morgan fingerprint density at radius 2 is 2.00 bits per heavy atom. The summed E-state index contributed by atoms with van der Waals surface area (Å²) in [7, 11) is 0. The van der Waals surface area contributed by atoms with E-state index >= 15 is 0 Å². The lowest BCUT2D eigenvalue weighted by atomic mass is 9.87. The van der Waals surface area contributed by atoms with Gasteiger partial charge in [-0.3, -0.25) is 5.32 Å². The Kier molecular flexibility index (Phi) is 3.20. The molecule has 1 aliphatic rings. The van der Waals surface area contributed by atoms with E-state index in [0.717, 1.165) is 23.4 Å². The molecule has 0 spiro atoms. The first-order valence-electron chi connectivity index (χ1n) is 6.07. The predicted molar refractivity (Wildman–Crippen MR) is 69.8 cm³/mol. The van der Waals surface area contributed by atoms with Crippen LogP contribution in [0.15, 0.2) is 30.3 Å². The Labute approximate surface area is 103 Å². The third-order valence-electron chi connectivity index (χ3n) is 3.40. The summed E-state index contributed by atoms with van der Waals surface area (Å²) in [5.74, 6) is 0. The Morgan fingerprint density at radius 1 is 1.35 bits per heavy atom. The number of nitrogens with zero attached hydrogens (tertiary/aromatic N) is 1. The molecule has 0 aliphatic carbocycles. The van der Waals surface area contributed by atoms with Gasteiger partial charge in [-0.2, -0.15) is 4.74 Å². The second-order valence-corrected chi connectivity index (χ2v) is 5.50. The van der Waals surface area contributed by atoms with Crippen LogP contribution in [-0.4, -0.2) is 16.6 Å². The second-order valence-electron chi connectivity index (χ2n) is 5.50. The van der Waals surface area contributed by atoms with Crippen LogP contribution in [0.5, 0.6) is 0 Å². The van der Waals surface area contributed by atoms with Crippen LogP contribution in [0.3, 0.4) is 0 Å². The summed E-state index contributed by atoms with van der Waals surface area (Å²) >= 11 is 0. The van der Waals surface area contributed by atoms with Crippen LogP contribution in [0.1, 0.15) is 32.8 Å². The van der Waals surface area contributed by atoms with Crippen molar-refractivity contribution in [3.05, 3.63) is 41.1 Å². The SMILES string of the molecule is CC1=[N+]([O-])C(NCc2ccccc2)C(C)(C)C1. The number of benzene rings is 1. The van der Waals surface area contributed by atoms with Gasteiger partial charge in [0, 0.05) is 19.9 Å². The van der Waals surface area contributed by atoms with Gasteiger partial charge in [-0.25, -0.2) is 0 Å². The van der Waals surface area contributed by atoms with E-state index in [9.17, 15) is 5.21 Å². The molecule has 0 aromatic heterocycles. The molecule has 3 heteroatoms. The van der Waals surface area contributed by atoms with Gasteiger partial charge in [0.1, 0.15) is 0 Å². The van der Waals surface area contributed by atoms with Crippen molar-refractivity contribution in [2.24, 2.45) is 5.41 Å². The van der Waals surface area contributed by atoms with Crippen molar-refractivity contribution in [1.29, 1.82) is 0 Å². The lowest BCUT2D eigenvalue weighted by Crippen LogP contribution is -2.43. The van der Waals surface area contributed by atoms with Crippen molar-refractivity contribution >= 4 is 5.71 Å². The van der Waals surface area contributed by atoms with Gasteiger partial charge in [-0.1, -0.05) is 44.2 Å². The predicted octanol–water partition coefficient (Wildman–Crippen LogP) is 2.50. The van der Waals surface area contributed by atoms with Gasteiger partial charge in [0.05, 0.1) is 5.41 Å². The largest absolute Gasteiger partial charge is 0.623 e. The first-order chi connectivity index (χ1) is 8.00. The summed E-state index contributed by atoms with van der Waals surface area (Å²) in [6.07, 6.45) is 0.742. The van der Waals surface area contributed by atoms with Crippen molar-refractivity contribution in [2.75, 3.05) is 0 Å². The monoisotopic (exact) mass is 232 g/mol. The molecule has 17 heavy (non-hydrogen) atoms. The summed E-state index contributed by atoms with van der Waals surface area (Å²) in [5, 5.41) is 15.3. The zero-order valence-electron chi connectivity index (χ0n) is 10.7. The summed E-state index contributed by atoms with van der Waals surface area (Å²) in [5.41, 5.74) is 2.13. The van der Waals surface area contributed by atoms with E-state index in [1.807, 2.05) is 25.1 Å². The lowest BCUT2D eigenvalue weighted by Gasteiger charge is -2.25. The maximum atomic E-state index is 12.0. The minimum Gasteiger partial charge on any atom is -0.623 e. The highest BCUT2D eigenvalue weighted by Crippen LogP contribution is 2.31. The minimum atomic E-state index is -0.122. The fourth-order valence-corrected chi connectivity index (χ4v) is 2.54. The smallest absolute Gasteiger partial charge is 0.222 e. The van der Waals surface area contributed by atoms with E-state index in [1.54, 1.807) is 0 Å². The molecule has 1 unspecified atom stereocenters. The Balaban J connectivity index is 2.04. The first-order valence-corrected chi connectivity index (χ1v) is 6.07. The first kappa shape index (κ1) is 12.1. The molecule has 92 valence electrons. The maximum Gasteiger partial charge on any atom is 0.222 e. The van der Waals surface area contributed by atoms with E-state index in [2.05, 4.69) is 31.3 Å². The molecule has 1 aromatic rings. The standard InChI is InChI=1S/C14H20N2O/c1-11-9-14(2,3)13(16(11)17)15-10-12-7-5-4-6-8-12/h4-8,13,15H,9-10H2,1-3H3. The molecule has 2 rings (SSSR count). The highest BCUT2D eigenvalue weighted by molar-refractivity contribution is 5.79. The van der Waals surface area contributed by atoms with E-state index in [-0.39, 0.29) is 11.6 Å². The van der Waals surface area contributed by atoms with Gasteiger partial charge < -0.3 is 5.21 Å². The van der Waals surface area contributed by atoms with E-state index in [4.69, 9.17) is 0 Å². The lowest BCUT2D eigenvalue weighted by molar-refractivity contribution is -0.514. The zero-order chi connectivity index (χ0) is 12.5. The molecule has 1 aromatic carbocycles. The normalized spacial score (nSPS) is 23.1. The van der Waals surface area contributed by atoms with Crippen molar-refractivity contribution in [3.63, 3.8) is 0 Å². The van der Waals surface area contributed by atoms with Gasteiger partial charge >= 0.3 is 0 Å². The van der Waals surface area contributed by atoms with Gasteiger partial charge in [-0.15, -0.1) is 0 Å². The van der Waals surface area contributed by atoms with Crippen molar-refractivity contribution in [3.8, 4) is 0 Å². The van der Waals surface area contributed by atoms with Crippen LogP contribution in [0.25, 0.3) is 0 Å². The van der Waals surface area contributed by atoms with Crippen LogP contribution in [0, 0.1) is 10.6 Å². The summed E-state index contributed by atoms with van der Waals surface area (Å²) in [6, 6.07) is 10.2. The van der Waals surface area contributed by atoms with Crippen LogP contribution in [-0.2, 0) is 6.54 Å². The number of hydrogen-bond donors (Lipinski definition) is 1. The molecular weight excluding hydrogens is 212 g/mol. The number of nitrogens with one attached hydrogen (secondary N) is 1. The van der Waals surface area contributed by atoms with Gasteiger partial charge in [0.25, 0.3) is 0 Å². The average Bonchev–Trinajstić information content (AvgIpc) is 2.48. The summed E-state index contributed by atoms with van der Waals surface area (Å²) in [4.78, 5) is 0. The fourth-order valence-electron chi connectivity index (χ4n) is 2.54. The van der Waals surface area contributed by atoms with E-state index in [0.29, 0.717) is 0 Å². The fraction of sp³-hybridized carbons (Fsp3) is 0.500. The molecule has 3 nitrogen and oxygen atoms in total. The number of hydroxylamine groups is 1. The molecular formula is C14H20N2O. The Bertz CT molecular complexity index is 423.